The third-order valence-electron chi connectivity index (χ3n) is 6.54. The first-order valence-corrected chi connectivity index (χ1v) is 15.4. The molecule has 43 heavy (non-hydrogen) atoms. The smallest absolute Gasteiger partial charge is 0.317 e. The molecule has 15 heteroatoms. The van der Waals surface area contributed by atoms with Crippen LogP contribution in [0.4, 0.5) is 26.7 Å². The molecule has 1 saturated heterocycles. The number of anilines is 4. The number of carbonyl (C=O) groups is 1. The van der Waals surface area contributed by atoms with Gasteiger partial charge in [0, 0.05) is 58.0 Å². The van der Waals surface area contributed by atoms with Gasteiger partial charge in [-0.2, -0.15) is 10.5 Å². The van der Waals surface area contributed by atoms with Crippen LogP contribution in [0.2, 0.25) is 0 Å². The standard InChI is InChI=1S/C17H21N7OS.C11H9ClN4S/c1-12-9-20-15(22-16-21-10-14(8-18)26-16)7-13(12)11-23-3-5-24(6-4-23)17(25)19-2;1-7-5-14-10(2-8(7)3-12)16-11-15-6-9(4-13)17-11/h7,9-10H,3-6,11H2,1-2H3,(H,19,25)(H,20,21,22);2,5-6H,3H2,1H3,(H,14,15,16). The van der Waals surface area contributed by atoms with Crippen molar-refractivity contribution >= 4 is 62.2 Å². The Morgan fingerprint density at radius 2 is 1.37 bits per heavy atom. The molecule has 0 bridgehead atoms. The van der Waals surface area contributed by atoms with Crippen molar-refractivity contribution in [1.82, 2.24) is 35.1 Å². The first kappa shape index (κ1) is 31.6. The van der Waals surface area contributed by atoms with Crippen molar-refractivity contribution in [3.63, 3.8) is 0 Å². The summed E-state index contributed by atoms with van der Waals surface area (Å²) in [4.78, 5) is 33.9. The highest BCUT2D eigenvalue weighted by molar-refractivity contribution is 7.16. The Kier molecular flexibility index (Phi) is 11.2. The van der Waals surface area contributed by atoms with Crippen LogP contribution >= 0.6 is 34.3 Å². The summed E-state index contributed by atoms with van der Waals surface area (Å²) in [7, 11) is 1.66. The molecule has 1 fully saturated rings. The fourth-order valence-electron chi connectivity index (χ4n) is 4.08. The number of hydrogen-bond acceptors (Lipinski definition) is 12. The maximum absolute atomic E-state index is 11.7. The number of nitrogens with zero attached hydrogens (tertiary/aromatic N) is 8. The fraction of sp³-hybridized carbons (Fsp3) is 0.321. The number of alkyl halides is 1. The third kappa shape index (κ3) is 8.83. The molecular formula is C28H30ClN11OS2. The minimum Gasteiger partial charge on any atom is -0.341 e. The van der Waals surface area contributed by atoms with Crippen LogP contribution in [0.15, 0.2) is 36.9 Å². The highest BCUT2D eigenvalue weighted by Gasteiger charge is 2.20. The quantitative estimate of drug-likeness (QED) is 0.233. The van der Waals surface area contributed by atoms with E-state index in [2.05, 4.69) is 46.9 Å². The molecular weight excluding hydrogens is 606 g/mol. The molecule has 12 nitrogen and oxygen atoms in total. The largest absolute Gasteiger partial charge is 0.341 e. The van der Waals surface area contributed by atoms with Gasteiger partial charge in [0.25, 0.3) is 0 Å². The number of aromatic nitrogens is 4. The molecule has 0 aromatic carbocycles. The van der Waals surface area contributed by atoms with E-state index >= 15 is 0 Å². The van der Waals surface area contributed by atoms with Gasteiger partial charge in [-0.3, -0.25) is 4.90 Å². The van der Waals surface area contributed by atoms with Crippen LogP contribution in [0.5, 0.6) is 0 Å². The molecule has 1 aliphatic rings. The summed E-state index contributed by atoms with van der Waals surface area (Å²) < 4.78 is 0. The summed E-state index contributed by atoms with van der Waals surface area (Å²) >= 11 is 8.41. The van der Waals surface area contributed by atoms with Crippen molar-refractivity contribution in [2.45, 2.75) is 26.3 Å². The van der Waals surface area contributed by atoms with Crippen molar-refractivity contribution in [1.29, 1.82) is 10.5 Å². The van der Waals surface area contributed by atoms with Crippen molar-refractivity contribution in [3.05, 3.63) is 68.9 Å². The normalized spacial score (nSPS) is 12.8. The van der Waals surface area contributed by atoms with Crippen molar-refractivity contribution in [2.24, 2.45) is 0 Å². The lowest BCUT2D eigenvalue weighted by molar-refractivity contribution is 0.136. The summed E-state index contributed by atoms with van der Waals surface area (Å²) in [6, 6.07) is 8.01. The minimum absolute atomic E-state index is 0.0172. The number of rotatable bonds is 7. The molecule has 4 aromatic rings. The van der Waals surface area contributed by atoms with Gasteiger partial charge in [-0.1, -0.05) is 22.7 Å². The first-order chi connectivity index (χ1) is 20.8. The number of amides is 2. The van der Waals surface area contributed by atoms with E-state index in [1.807, 2.05) is 43.1 Å². The van der Waals surface area contributed by atoms with Gasteiger partial charge in [0.05, 0.1) is 12.4 Å². The van der Waals surface area contributed by atoms with Crippen LogP contribution in [0.25, 0.3) is 0 Å². The summed E-state index contributed by atoms with van der Waals surface area (Å²) in [5.74, 6) is 1.85. The molecule has 0 aliphatic carbocycles. The summed E-state index contributed by atoms with van der Waals surface area (Å²) in [6.45, 7) is 7.96. The monoisotopic (exact) mass is 635 g/mol. The second kappa shape index (κ2) is 15.2. The highest BCUT2D eigenvalue weighted by Crippen LogP contribution is 2.24. The topological polar surface area (TPSA) is 159 Å². The Hall–Kier alpha value is -4.34. The maximum atomic E-state index is 11.7. The second-order valence-electron chi connectivity index (χ2n) is 9.48. The maximum Gasteiger partial charge on any atom is 0.317 e. The molecule has 0 spiro atoms. The van der Waals surface area contributed by atoms with Crippen LogP contribution in [-0.4, -0.2) is 69.0 Å². The molecule has 222 valence electrons. The number of halogens is 1. The number of thiazole rings is 2. The van der Waals surface area contributed by atoms with Crippen LogP contribution < -0.4 is 16.0 Å². The van der Waals surface area contributed by atoms with E-state index in [9.17, 15) is 4.79 Å². The Morgan fingerprint density at radius 3 is 1.84 bits per heavy atom. The number of piperazine rings is 1. The molecule has 0 radical (unpaired) electrons. The summed E-state index contributed by atoms with van der Waals surface area (Å²) in [5.41, 5.74) is 4.40. The SMILES string of the molecule is CNC(=O)N1CCN(Cc2cc(Nc3ncc(C#N)s3)ncc2C)CC1.Cc1cnc(Nc2ncc(C#N)s2)cc1CCl. The number of hydrogen-bond donors (Lipinski definition) is 3. The molecule has 3 N–H and O–H groups in total. The lowest BCUT2D eigenvalue weighted by Crippen LogP contribution is -2.50. The third-order valence-corrected chi connectivity index (χ3v) is 8.47. The summed E-state index contributed by atoms with van der Waals surface area (Å²) in [5, 5.41) is 27.8. The van der Waals surface area contributed by atoms with E-state index < -0.39 is 0 Å². The number of nitrogens with one attached hydrogen (secondary N) is 3. The van der Waals surface area contributed by atoms with Gasteiger partial charge in [-0.25, -0.2) is 24.7 Å². The van der Waals surface area contributed by atoms with E-state index in [1.165, 1.54) is 34.4 Å². The second-order valence-corrected chi connectivity index (χ2v) is 11.8. The first-order valence-electron chi connectivity index (χ1n) is 13.2. The zero-order valence-corrected chi connectivity index (χ0v) is 26.3. The van der Waals surface area contributed by atoms with E-state index in [4.69, 9.17) is 22.1 Å². The fourth-order valence-corrected chi connectivity index (χ4v) is 5.60. The average molecular weight is 636 g/mol. The number of nitriles is 2. The minimum atomic E-state index is -0.0172. The van der Waals surface area contributed by atoms with E-state index in [1.54, 1.807) is 19.4 Å². The van der Waals surface area contributed by atoms with Crippen molar-refractivity contribution < 1.29 is 4.79 Å². The van der Waals surface area contributed by atoms with Gasteiger partial charge in [0.1, 0.15) is 33.5 Å². The van der Waals surface area contributed by atoms with Gasteiger partial charge < -0.3 is 20.9 Å². The molecule has 0 unspecified atom stereocenters. The molecule has 5 rings (SSSR count). The van der Waals surface area contributed by atoms with Gasteiger partial charge in [-0.15, -0.1) is 11.6 Å². The van der Waals surface area contributed by atoms with E-state index in [-0.39, 0.29) is 6.03 Å². The Balaban J connectivity index is 0.000000215. The van der Waals surface area contributed by atoms with Gasteiger partial charge >= 0.3 is 6.03 Å². The van der Waals surface area contributed by atoms with Crippen LogP contribution in [0, 0.1) is 36.5 Å². The molecule has 2 amide bonds. The molecule has 0 saturated carbocycles. The van der Waals surface area contributed by atoms with Gasteiger partial charge in [0.2, 0.25) is 0 Å². The molecule has 1 aliphatic heterocycles. The average Bonchev–Trinajstić information content (AvgIpc) is 3.69. The number of pyridine rings is 2. The molecule has 0 atom stereocenters. The predicted molar refractivity (Wildman–Crippen MR) is 169 cm³/mol. The highest BCUT2D eigenvalue weighted by atomic mass is 35.5. The van der Waals surface area contributed by atoms with Crippen molar-refractivity contribution in [2.75, 3.05) is 43.9 Å². The van der Waals surface area contributed by atoms with Crippen LogP contribution in [0.3, 0.4) is 0 Å². The van der Waals surface area contributed by atoms with Gasteiger partial charge in [0.15, 0.2) is 10.3 Å². The Labute approximate surface area is 263 Å². The van der Waals surface area contributed by atoms with E-state index in [0.717, 1.165) is 49.4 Å². The van der Waals surface area contributed by atoms with Crippen LogP contribution in [-0.2, 0) is 12.4 Å². The number of carbonyl (C=O) groups excluding carboxylic acids is 1. The Bertz CT molecular complexity index is 1630. The predicted octanol–water partition coefficient (Wildman–Crippen LogP) is 5.12. The zero-order valence-electron chi connectivity index (χ0n) is 23.9. The molecule has 4 aromatic heterocycles. The number of urea groups is 1. The van der Waals surface area contributed by atoms with Crippen LogP contribution in [0.1, 0.15) is 32.0 Å². The summed E-state index contributed by atoms with van der Waals surface area (Å²) in [6.07, 6.45) is 6.69. The zero-order chi connectivity index (χ0) is 30.8. The lowest BCUT2D eigenvalue weighted by Gasteiger charge is -2.34. The molecule has 5 heterocycles. The van der Waals surface area contributed by atoms with Crippen molar-refractivity contribution in [3.8, 4) is 12.1 Å². The lowest BCUT2D eigenvalue weighted by atomic mass is 10.1. The number of aryl methyl sites for hydroxylation is 2. The van der Waals surface area contributed by atoms with Gasteiger partial charge in [-0.05, 0) is 48.2 Å². The van der Waals surface area contributed by atoms with E-state index in [0.29, 0.717) is 37.5 Å². The Morgan fingerprint density at radius 1 is 0.860 bits per heavy atom.